The number of amides is 1. The van der Waals surface area contributed by atoms with Crippen LogP contribution < -0.4 is 5.32 Å². The van der Waals surface area contributed by atoms with Gasteiger partial charge >= 0.3 is 0 Å². The van der Waals surface area contributed by atoms with E-state index in [0.29, 0.717) is 6.54 Å². The van der Waals surface area contributed by atoms with Crippen molar-refractivity contribution in [3.63, 3.8) is 0 Å². The fourth-order valence-corrected chi connectivity index (χ4v) is 0.882. The fraction of sp³-hybridized carbons (Fsp3) is 0.857. The maximum absolute atomic E-state index is 11.5. The summed E-state index contributed by atoms with van der Waals surface area (Å²) in [7, 11) is 0. The Morgan fingerprint density at radius 3 is 2.77 bits per heavy atom. The molecule has 0 atom stereocenters. The summed E-state index contributed by atoms with van der Waals surface area (Å²) in [6.45, 7) is 0.0607. The van der Waals surface area contributed by atoms with Gasteiger partial charge in [-0.2, -0.15) is 0 Å². The third-order valence-corrected chi connectivity index (χ3v) is 1.67. The first-order chi connectivity index (χ1) is 6.16. The molecule has 1 amide bonds. The smallest absolute Gasteiger partial charge is 0.261 e. The van der Waals surface area contributed by atoms with E-state index in [-0.39, 0.29) is 18.9 Å². The number of rotatable bonds is 7. The predicted octanol–water partition coefficient (Wildman–Crippen LogP) is 1.21. The maximum Gasteiger partial charge on any atom is 0.261 e. The van der Waals surface area contributed by atoms with Crippen LogP contribution in [-0.2, 0) is 9.53 Å². The number of carbonyl (C=O) groups is 1. The summed E-state index contributed by atoms with van der Waals surface area (Å²) < 4.78 is 28.4. The number of alkyl halides is 3. The molecule has 1 N–H and O–H groups in total. The van der Waals surface area contributed by atoms with Gasteiger partial charge in [-0.25, -0.2) is 8.78 Å². The van der Waals surface area contributed by atoms with Crippen LogP contribution in [0.25, 0.3) is 0 Å². The van der Waals surface area contributed by atoms with Crippen molar-refractivity contribution in [1.82, 2.24) is 5.32 Å². The lowest BCUT2D eigenvalue weighted by atomic mass is 10.4. The molecule has 0 aliphatic rings. The van der Waals surface area contributed by atoms with Gasteiger partial charge in [-0.15, -0.1) is 0 Å². The molecule has 0 bridgehead atoms. The van der Waals surface area contributed by atoms with E-state index in [4.69, 9.17) is 0 Å². The summed E-state index contributed by atoms with van der Waals surface area (Å²) in [6, 6.07) is 0. The normalized spacial score (nSPS) is 10.5. The third kappa shape index (κ3) is 9.94. The largest absolute Gasteiger partial charge is 0.375 e. The molecule has 0 radical (unpaired) electrons. The summed E-state index contributed by atoms with van der Waals surface area (Å²) in [5.74, 6) is -0.161. The van der Waals surface area contributed by atoms with Gasteiger partial charge in [0.05, 0.1) is 6.61 Å². The second-order valence-electron chi connectivity index (χ2n) is 2.25. The molecular formula is C7H12F2INO2. The maximum atomic E-state index is 11.5. The van der Waals surface area contributed by atoms with E-state index < -0.39 is 13.0 Å². The summed E-state index contributed by atoms with van der Waals surface area (Å²) >= 11 is 2.13. The van der Waals surface area contributed by atoms with E-state index in [1.54, 1.807) is 0 Å². The predicted molar refractivity (Wildman–Crippen MR) is 53.3 cm³/mol. The average molecular weight is 307 g/mol. The highest BCUT2D eigenvalue weighted by Gasteiger charge is 2.03. The van der Waals surface area contributed by atoms with Gasteiger partial charge in [-0.05, 0) is 0 Å². The minimum atomic E-state index is -2.46. The molecule has 0 aromatic rings. The van der Waals surface area contributed by atoms with Crippen molar-refractivity contribution in [1.29, 1.82) is 0 Å². The van der Waals surface area contributed by atoms with Crippen LogP contribution in [0, 0.1) is 0 Å². The Balaban J connectivity index is 3.17. The van der Waals surface area contributed by atoms with Crippen LogP contribution >= 0.6 is 22.6 Å². The number of ether oxygens (including phenoxy) is 1. The molecule has 0 aliphatic heterocycles. The van der Waals surface area contributed by atoms with E-state index in [2.05, 4.69) is 32.6 Å². The summed E-state index contributed by atoms with van der Waals surface area (Å²) in [5.41, 5.74) is 0. The lowest BCUT2D eigenvalue weighted by Gasteiger charge is -2.03. The molecular weight excluding hydrogens is 295 g/mol. The first-order valence-corrected chi connectivity index (χ1v) is 5.38. The van der Waals surface area contributed by atoms with Crippen molar-refractivity contribution in [2.24, 2.45) is 0 Å². The fourth-order valence-electron chi connectivity index (χ4n) is 0.612. The van der Waals surface area contributed by atoms with Crippen molar-refractivity contribution in [3.05, 3.63) is 0 Å². The summed E-state index contributed by atoms with van der Waals surface area (Å²) in [6.07, 6.45) is -2.32. The molecule has 0 aromatic carbocycles. The van der Waals surface area contributed by atoms with Crippen LogP contribution in [0.4, 0.5) is 8.78 Å². The zero-order valence-electron chi connectivity index (χ0n) is 7.06. The van der Waals surface area contributed by atoms with E-state index in [9.17, 15) is 13.6 Å². The Morgan fingerprint density at radius 2 is 2.23 bits per heavy atom. The molecule has 78 valence electrons. The third-order valence-electron chi connectivity index (χ3n) is 1.13. The van der Waals surface area contributed by atoms with E-state index in [0.717, 1.165) is 4.43 Å². The molecule has 6 heteroatoms. The van der Waals surface area contributed by atoms with Crippen LogP contribution in [0.3, 0.4) is 0 Å². The number of hydrogen-bond donors (Lipinski definition) is 1. The van der Waals surface area contributed by atoms with Gasteiger partial charge in [0.25, 0.3) is 6.43 Å². The molecule has 0 heterocycles. The molecule has 0 saturated heterocycles. The van der Waals surface area contributed by atoms with E-state index in [1.165, 1.54) is 0 Å². The number of nitrogens with one attached hydrogen (secondary N) is 1. The standard InChI is InChI=1S/C7H12F2INO2/c8-6(9)5-13-4-1-7(12)11-3-2-10/h6H,1-5H2,(H,11,12). The Bertz CT molecular complexity index is 146. The van der Waals surface area contributed by atoms with Crippen LogP contribution in [0.1, 0.15) is 6.42 Å². The average Bonchev–Trinajstić information content (AvgIpc) is 2.08. The molecule has 0 saturated carbocycles. The SMILES string of the molecule is O=C(CCOCC(F)F)NCCI. The second-order valence-corrected chi connectivity index (χ2v) is 3.33. The lowest BCUT2D eigenvalue weighted by Crippen LogP contribution is -2.26. The van der Waals surface area contributed by atoms with Crippen molar-refractivity contribution in [3.8, 4) is 0 Å². The molecule has 0 unspecified atom stereocenters. The molecule has 13 heavy (non-hydrogen) atoms. The number of carbonyl (C=O) groups excluding carboxylic acids is 1. The highest BCUT2D eigenvalue weighted by molar-refractivity contribution is 14.1. The van der Waals surface area contributed by atoms with Crippen molar-refractivity contribution < 1.29 is 18.3 Å². The molecule has 0 spiro atoms. The quantitative estimate of drug-likeness (QED) is 0.436. The van der Waals surface area contributed by atoms with Gasteiger partial charge in [-0.1, -0.05) is 22.6 Å². The van der Waals surface area contributed by atoms with Gasteiger partial charge in [0.2, 0.25) is 5.91 Å². The Morgan fingerprint density at radius 1 is 1.54 bits per heavy atom. The van der Waals surface area contributed by atoms with Crippen LogP contribution in [-0.4, -0.2) is 36.5 Å². The summed E-state index contributed by atoms with van der Waals surface area (Å²) in [4.78, 5) is 10.9. The molecule has 0 aromatic heterocycles. The van der Waals surface area contributed by atoms with Crippen molar-refractivity contribution in [2.75, 3.05) is 24.2 Å². The summed E-state index contributed by atoms with van der Waals surface area (Å²) in [5, 5.41) is 2.61. The van der Waals surface area contributed by atoms with Gasteiger partial charge in [0.1, 0.15) is 6.61 Å². The topological polar surface area (TPSA) is 38.3 Å². The molecule has 0 aliphatic carbocycles. The minimum absolute atomic E-state index is 0.0530. The second kappa shape index (κ2) is 8.61. The van der Waals surface area contributed by atoms with Crippen LogP contribution in [0.5, 0.6) is 0 Å². The van der Waals surface area contributed by atoms with Gasteiger partial charge in [0.15, 0.2) is 0 Å². The van der Waals surface area contributed by atoms with Crippen molar-refractivity contribution >= 4 is 28.5 Å². The number of halogens is 3. The van der Waals surface area contributed by atoms with Gasteiger partial charge in [0, 0.05) is 17.4 Å². The molecule has 0 rings (SSSR count). The Labute approximate surface area is 89.3 Å². The Kier molecular flexibility index (Phi) is 8.62. The Hall–Kier alpha value is 0.0200. The molecule has 3 nitrogen and oxygen atoms in total. The van der Waals surface area contributed by atoms with E-state index >= 15 is 0 Å². The monoisotopic (exact) mass is 307 g/mol. The number of hydrogen-bond acceptors (Lipinski definition) is 2. The highest BCUT2D eigenvalue weighted by atomic mass is 127. The van der Waals surface area contributed by atoms with Crippen LogP contribution in [0.2, 0.25) is 0 Å². The zero-order valence-corrected chi connectivity index (χ0v) is 9.22. The van der Waals surface area contributed by atoms with Gasteiger partial charge in [-0.3, -0.25) is 4.79 Å². The van der Waals surface area contributed by atoms with Crippen LogP contribution in [0.15, 0.2) is 0 Å². The van der Waals surface area contributed by atoms with E-state index in [1.807, 2.05) is 0 Å². The minimum Gasteiger partial charge on any atom is -0.375 e. The van der Waals surface area contributed by atoms with Gasteiger partial charge < -0.3 is 10.1 Å². The zero-order chi connectivity index (χ0) is 10.1. The first-order valence-electron chi connectivity index (χ1n) is 3.85. The first kappa shape index (κ1) is 13.0. The lowest BCUT2D eigenvalue weighted by molar-refractivity contribution is -0.122. The molecule has 0 fully saturated rings. The highest BCUT2D eigenvalue weighted by Crippen LogP contribution is 1.93. The van der Waals surface area contributed by atoms with Crippen molar-refractivity contribution in [2.45, 2.75) is 12.8 Å².